The average Bonchev–Trinajstić information content (AvgIpc) is 3.29. The first kappa shape index (κ1) is 23.9. The maximum atomic E-state index is 13.1. The number of rotatable bonds is 7. The van der Waals surface area contributed by atoms with Crippen LogP contribution in [0.25, 0.3) is 10.6 Å². The number of para-hydroxylation sites is 1. The second-order valence-corrected chi connectivity index (χ2v) is 9.50. The van der Waals surface area contributed by atoms with Crippen LogP contribution in [0.4, 0.5) is 15.6 Å². The van der Waals surface area contributed by atoms with E-state index in [-0.39, 0.29) is 0 Å². The van der Waals surface area contributed by atoms with Crippen molar-refractivity contribution in [2.75, 3.05) is 10.6 Å². The summed E-state index contributed by atoms with van der Waals surface area (Å²) in [5.41, 5.74) is 2.34. The highest BCUT2D eigenvalue weighted by atomic mass is 79.9. The summed E-state index contributed by atoms with van der Waals surface area (Å²) in [5, 5.41) is 18.1. The molecule has 1 heterocycles. The van der Waals surface area contributed by atoms with E-state index >= 15 is 0 Å². The van der Waals surface area contributed by atoms with Crippen LogP contribution in [-0.4, -0.2) is 28.2 Å². The molecule has 3 aromatic carbocycles. The van der Waals surface area contributed by atoms with Gasteiger partial charge in [-0.1, -0.05) is 77.5 Å². The lowest BCUT2D eigenvalue weighted by Gasteiger charge is -2.18. The summed E-state index contributed by atoms with van der Waals surface area (Å²) in [7, 11) is 0. The van der Waals surface area contributed by atoms with E-state index in [2.05, 4.69) is 42.1 Å². The summed E-state index contributed by atoms with van der Waals surface area (Å²) < 4.78 is 0.734. The van der Waals surface area contributed by atoms with E-state index in [9.17, 15) is 9.59 Å². The van der Waals surface area contributed by atoms with Crippen LogP contribution in [0.5, 0.6) is 0 Å². The number of carbonyl (C=O) groups is 2. The molecule has 7 nitrogen and oxygen atoms in total. The van der Waals surface area contributed by atoms with Crippen molar-refractivity contribution >= 4 is 61.6 Å². The minimum absolute atomic E-state index is 0.304. The van der Waals surface area contributed by atoms with Gasteiger partial charge in [0.1, 0.15) is 11.0 Å². The highest BCUT2D eigenvalue weighted by molar-refractivity contribution is 9.10. The fourth-order valence-corrected chi connectivity index (χ4v) is 4.38. The van der Waals surface area contributed by atoms with Crippen molar-refractivity contribution in [3.8, 4) is 10.6 Å². The molecule has 172 valence electrons. The van der Waals surface area contributed by atoms with Crippen molar-refractivity contribution in [3.05, 3.63) is 93.9 Å². The van der Waals surface area contributed by atoms with Crippen LogP contribution in [0, 0.1) is 0 Å². The van der Waals surface area contributed by atoms with Gasteiger partial charge in [-0.05, 0) is 45.8 Å². The Bertz CT molecular complexity index is 1280. The number of amides is 3. The van der Waals surface area contributed by atoms with Gasteiger partial charge in [-0.3, -0.25) is 10.1 Å². The van der Waals surface area contributed by atoms with Gasteiger partial charge in [0, 0.05) is 21.5 Å². The van der Waals surface area contributed by atoms with Crippen LogP contribution in [-0.2, 0) is 11.2 Å². The molecule has 0 bridgehead atoms. The Kier molecular flexibility index (Phi) is 7.89. The summed E-state index contributed by atoms with van der Waals surface area (Å²) >= 11 is 10.6. The lowest BCUT2D eigenvalue weighted by Crippen LogP contribution is -2.47. The van der Waals surface area contributed by atoms with Gasteiger partial charge in [0.2, 0.25) is 11.0 Å². The Morgan fingerprint density at radius 1 is 0.912 bits per heavy atom. The zero-order valence-electron chi connectivity index (χ0n) is 17.7. The molecule has 0 spiro atoms. The maximum absolute atomic E-state index is 13.1. The zero-order chi connectivity index (χ0) is 23.9. The number of hydrogen-bond donors (Lipinski definition) is 3. The first-order chi connectivity index (χ1) is 16.5. The Labute approximate surface area is 213 Å². The summed E-state index contributed by atoms with van der Waals surface area (Å²) in [4.78, 5) is 25.8. The Morgan fingerprint density at radius 3 is 2.35 bits per heavy atom. The first-order valence-electron chi connectivity index (χ1n) is 10.2. The quantitative estimate of drug-likeness (QED) is 0.260. The van der Waals surface area contributed by atoms with Gasteiger partial charge in [0.15, 0.2) is 0 Å². The first-order valence-corrected chi connectivity index (χ1v) is 12.2. The number of nitrogens with zero attached hydrogens (tertiary/aromatic N) is 2. The van der Waals surface area contributed by atoms with Crippen molar-refractivity contribution in [2.24, 2.45) is 0 Å². The number of aromatic nitrogens is 2. The molecular weight excluding hydrogens is 538 g/mol. The average molecular weight is 557 g/mol. The molecule has 0 saturated carbocycles. The molecule has 3 amide bonds. The third-order valence-corrected chi connectivity index (χ3v) is 6.60. The molecule has 4 aromatic rings. The number of anilines is 2. The lowest BCUT2D eigenvalue weighted by molar-refractivity contribution is -0.117. The molecule has 0 radical (unpaired) electrons. The number of halogens is 2. The van der Waals surface area contributed by atoms with E-state index in [1.165, 1.54) is 11.3 Å². The fourth-order valence-electron chi connectivity index (χ4n) is 3.11. The van der Waals surface area contributed by atoms with Crippen molar-refractivity contribution in [3.63, 3.8) is 0 Å². The molecular formula is C24H19BrClN5O2S. The second-order valence-electron chi connectivity index (χ2n) is 7.23. The van der Waals surface area contributed by atoms with E-state index < -0.39 is 18.0 Å². The molecule has 1 atom stereocenters. The normalized spacial score (nSPS) is 11.5. The Hall–Kier alpha value is -3.27. The number of urea groups is 1. The molecule has 0 aliphatic carbocycles. The molecule has 0 aliphatic rings. The predicted octanol–water partition coefficient (Wildman–Crippen LogP) is 5.99. The van der Waals surface area contributed by atoms with Gasteiger partial charge in [-0.2, -0.15) is 0 Å². The molecule has 0 aliphatic heterocycles. The van der Waals surface area contributed by atoms with Crippen LogP contribution in [0.3, 0.4) is 0 Å². The third kappa shape index (κ3) is 6.40. The molecule has 1 unspecified atom stereocenters. The summed E-state index contributed by atoms with van der Waals surface area (Å²) in [6.07, 6.45) is 0.304. The summed E-state index contributed by atoms with van der Waals surface area (Å²) in [6.45, 7) is 0. The van der Waals surface area contributed by atoms with Crippen LogP contribution in [0.15, 0.2) is 83.3 Å². The van der Waals surface area contributed by atoms with Crippen LogP contribution < -0.4 is 16.0 Å². The second kappa shape index (κ2) is 11.2. The molecule has 3 N–H and O–H groups in total. The summed E-state index contributed by atoms with van der Waals surface area (Å²) in [5.74, 6) is -0.398. The minimum Gasteiger partial charge on any atom is -0.326 e. The highest BCUT2D eigenvalue weighted by Gasteiger charge is 2.23. The molecule has 10 heteroatoms. The molecule has 0 saturated heterocycles. The molecule has 0 fully saturated rings. The van der Waals surface area contributed by atoms with E-state index in [0.717, 1.165) is 15.6 Å². The zero-order valence-corrected chi connectivity index (χ0v) is 20.8. The number of hydrogen-bond acceptors (Lipinski definition) is 5. The van der Waals surface area contributed by atoms with Crippen LogP contribution >= 0.6 is 38.9 Å². The van der Waals surface area contributed by atoms with Crippen LogP contribution in [0.1, 0.15) is 5.56 Å². The van der Waals surface area contributed by atoms with Crippen molar-refractivity contribution in [2.45, 2.75) is 12.5 Å². The van der Waals surface area contributed by atoms with E-state index in [1.807, 2.05) is 60.7 Å². The highest BCUT2D eigenvalue weighted by Crippen LogP contribution is 2.27. The molecule has 1 aromatic heterocycles. The van der Waals surface area contributed by atoms with E-state index in [1.54, 1.807) is 18.2 Å². The number of benzene rings is 3. The van der Waals surface area contributed by atoms with E-state index in [0.29, 0.717) is 27.3 Å². The van der Waals surface area contributed by atoms with Gasteiger partial charge >= 0.3 is 6.03 Å². The monoisotopic (exact) mass is 555 g/mol. The third-order valence-electron chi connectivity index (χ3n) is 4.77. The van der Waals surface area contributed by atoms with Gasteiger partial charge < -0.3 is 10.6 Å². The Balaban J connectivity index is 1.48. The standard InChI is InChI=1S/C24H19BrClN5O2S/c25-18-8-4-5-9-19(18)27-23(33)28-20(14-15-6-2-1-3-7-15)21(32)29-24-31-30-22(34-24)16-10-12-17(26)13-11-16/h1-13,20H,14H2,(H2,27,28,33)(H,29,31,32). The van der Waals surface area contributed by atoms with Gasteiger partial charge in [-0.15, -0.1) is 10.2 Å². The predicted molar refractivity (Wildman–Crippen MR) is 139 cm³/mol. The van der Waals surface area contributed by atoms with Crippen molar-refractivity contribution in [1.29, 1.82) is 0 Å². The van der Waals surface area contributed by atoms with Crippen molar-refractivity contribution in [1.82, 2.24) is 15.5 Å². The lowest BCUT2D eigenvalue weighted by atomic mass is 10.1. The maximum Gasteiger partial charge on any atom is 0.319 e. The topological polar surface area (TPSA) is 96.0 Å². The SMILES string of the molecule is O=C(Nc1ccccc1Br)NC(Cc1ccccc1)C(=O)Nc1nnc(-c2ccc(Cl)cc2)s1. The molecule has 34 heavy (non-hydrogen) atoms. The molecule has 4 rings (SSSR count). The minimum atomic E-state index is -0.840. The number of nitrogens with one attached hydrogen (secondary N) is 3. The fraction of sp³-hybridized carbons (Fsp3) is 0.0833. The Morgan fingerprint density at radius 2 is 1.62 bits per heavy atom. The smallest absolute Gasteiger partial charge is 0.319 e. The number of carbonyl (C=O) groups excluding carboxylic acids is 2. The van der Waals surface area contributed by atoms with Gasteiger partial charge in [0.25, 0.3) is 0 Å². The largest absolute Gasteiger partial charge is 0.326 e. The summed E-state index contributed by atoms with van der Waals surface area (Å²) in [6, 6.07) is 22.5. The van der Waals surface area contributed by atoms with E-state index in [4.69, 9.17) is 11.6 Å². The van der Waals surface area contributed by atoms with Gasteiger partial charge in [0.05, 0.1) is 5.69 Å². The van der Waals surface area contributed by atoms with Crippen LogP contribution in [0.2, 0.25) is 5.02 Å². The van der Waals surface area contributed by atoms with Gasteiger partial charge in [-0.25, -0.2) is 4.79 Å². The van der Waals surface area contributed by atoms with Crippen molar-refractivity contribution < 1.29 is 9.59 Å².